The van der Waals surface area contributed by atoms with Crippen LogP contribution >= 0.6 is 15.9 Å². The normalized spacial score (nSPS) is 18.3. The predicted molar refractivity (Wildman–Crippen MR) is 68.1 cm³/mol. The zero-order valence-electron chi connectivity index (χ0n) is 8.70. The lowest BCUT2D eigenvalue weighted by molar-refractivity contribution is 0.663. The van der Waals surface area contributed by atoms with Crippen LogP contribution in [0.15, 0.2) is 27.0 Å². The molecule has 0 unspecified atom stereocenters. The molecule has 0 N–H and O–H groups in total. The monoisotopic (exact) mass is 287 g/mol. The fraction of sp³-hybridized carbons (Fsp3) is 0.455. The highest BCUT2D eigenvalue weighted by Crippen LogP contribution is 2.30. The lowest BCUT2D eigenvalue weighted by Gasteiger charge is -2.18. The van der Waals surface area contributed by atoms with E-state index in [0.717, 1.165) is 34.5 Å². The Labute approximate surface area is 99.4 Å². The van der Waals surface area contributed by atoms with Gasteiger partial charge in [-0.25, -0.2) is 4.21 Å². The summed E-state index contributed by atoms with van der Waals surface area (Å²) in [7, 11) is -1.89. The number of aryl methyl sites for hydroxylation is 1. The van der Waals surface area contributed by atoms with E-state index in [9.17, 15) is 4.21 Å². The maximum Gasteiger partial charge on any atom is 0.0872 e. The number of halogens is 1. The molecule has 0 amide bonds. The largest absolute Gasteiger partial charge is 0.249 e. The quantitative estimate of drug-likeness (QED) is 0.818. The number of hydrogen-bond donors (Lipinski definition) is 0. The first-order chi connectivity index (χ1) is 7.13. The first kappa shape index (κ1) is 11.1. The lowest BCUT2D eigenvalue weighted by atomic mass is 10.2. The molecule has 1 saturated heterocycles. The van der Waals surface area contributed by atoms with Crippen molar-refractivity contribution in [1.29, 1.82) is 0 Å². The van der Waals surface area contributed by atoms with Crippen LogP contribution in [0.4, 0.5) is 5.69 Å². The highest BCUT2D eigenvalue weighted by Gasteiger charge is 2.19. The number of hydrogen-bond acceptors (Lipinski definition) is 2. The third kappa shape index (κ3) is 2.42. The van der Waals surface area contributed by atoms with Gasteiger partial charge >= 0.3 is 0 Å². The molecule has 0 aromatic heterocycles. The summed E-state index contributed by atoms with van der Waals surface area (Å²) in [6.07, 6.45) is 2.06. The summed E-state index contributed by atoms with van der Waals surface area (Å²) < 4.78 is 17.2. The molecule has 0 saturated carbocycles. The highest BCUT2D eigenvalue weighted by atomic mass is 79.9. The topological polar surface area (TPSA) is 29.4 Å². The van der Waals surface area contributed by atoms with Crippen molar-refractivity contribution in [2.75, 3.05) is 11.5 Å². The van der Waals surface area contributed by atoms with Crippen LogP contribution in [0.25, 0.3) is 0 Å². The Morgan fingerprint density at radius 1 is 1.47 bits per heavy atom. The molecule has 1 aromatic carbocycles. The maximum atomic E-state index is 11.9. The van der Waals surface area contributed by atoms with Gasteiger partial charge in [0.25, 0.3) is 0 Å². The molecule has 4 heteroatoms. The fourth-order valence-corrected chi connectivity index (χ4v) is 3.62. The molecule has 2 rings (SSSR count). The molecule has 2 nitrogen and oxygen atoms in total. The lowest BCUT2D eigenvalue weighted by Crippen LogP contribution is -2.22. The zero-order chi connectivity index (χ0) is 10.9. The Bertz CT molecular complexity index is 479. The van der Waals surface area contributed by atoms with Crippen LogP contribution in [0, 0.1) is 0 Å². The van der Waals surface area contributed by atoms with Crippen molar-refractivity contribution in [1.82, 2.24) is 0 Å². The van der Waals surface area contributed by atoms with Crippen LogP contribution in [0.3, 0.4) is 0 Å². The van der Waals surface area contributed by atoms with Gasteiger partial charge in [-0.05, 0) is 46.5 Å². The standard InChI is InChI=1S/C11H14BrNOS/c1-2-9-4-5-11(10(12)8-9)13-15(14)6-3-7-15/h4-5,8H,2-3,6-7H2,1H3. The van der Waals surface area contributed by atoms with Gasteiger partial charge in [-0.2, -0.15) is 4.36 Å². The van der Waals surface area contributed by atoms with Gasteiger partial charge in [0, 0.05) is 16.0 Å². The fourth-order valence-electron chi connectivity index (χ4n) is 1.51. The minimum absolute atomic E-state index is 0.759. The molecule has 1 aromatic rings. The van der Waals surface area contributed by atoms with E-state index >= 15 is 0 Å². The summed E-state index contributed by atoms with van der Waals surface area (Å²) in [5, 5.41) is 0. The van der Waals surface area contributed by atoms with Gasteiger partial charge in [-0.1, -0.05) is 13.0 Å². The van der Waals surface area contributed by atoms with Gasteiger partial charge in [0.1, 0.15) is 0 Å². The Hall–Kier alpha value is -0.350. The second-order valence-corrected chi connectivity index (χ2v) is 7.16. The van der Waals surface area contributed by atoms with Crippen molar-refractivity contribution in [3.05, 3.63) is 28.2 Å². The van der Waals surface area contributed by atoms with E-state index in [1.54, 1.807) is 0 Å². The van der Waals surface area contributed by atoms with E-state index in [1.807, 2.05) is 12.1 Å². The van der Waals surface area contributed by atoms with Crippen molar-refractivity contribution in [3.8, 4) is 0 Å². The summed E-state index contributed by atoms with van der Waals surface area (Å²) >= 11 is 3.47. The van der Waals surface area contributed by atoms with Crippen LogP contribution in [0.5, 0.6) is 0 Å². The summed E-state index contributed by atoms with van der Waals surface area (Å²) in [5.41, 5.74) is 2.10. The van der Waals surface area contributed by atoms with Crippen molar-refractivity contribution >= 4 is 31.3 Å². The van der Waals surface area contributed by atoms with E-state index in [2.05, 4.69) is 33.3 Å². The molecule has 15 heavy (non-hydrogen) atoms. The summed E-state index contributed by atoms with van der Waals surface area (Å²) in [4.78, 5) is 0. The minimum Gasteiger partial charge on any atom is -0.249 e. The van der Waals surface area contributed by atoms with Gasteiger partial charge in [-0.3, -0.25) is 0 Å². The SMILES string of the molecule is CCc1ccc(N=S2(=O)CCC2)c(Br)c1. The van der Waals surface area contributed by atoms with Gasteiger partial charge in [0.05, 0.1) is 15.4 Å². The average Bonchev–Trinajstić information content (AvgIpc) is 2.18. The second kappa shape index (κ2) is 4.26. The van der Waals surface area contributed by atoms with E-state index in [4.69, 9.17) is 0 Å². The van der Waals surface area contributed by atoms with Gasteiger partial charge in [0.15, 0.2) is 0 Å². The van der Waals surface area contributed by atoms with E-state index in [1.165, 1.54) is 5.56 Å². The minimum atomic E-state index is -1.89. The molecule has 0 atom stereocenters. The van der Waals surface area contributed by atoms with Gasteiger partial charge in [0.2, 0.25) is 0 Å². The first-order valence-electron chi connectivity index (χ1n) is 5.14. The molecule has 0 spiro atoms. The Balaban J connectivity index is 2.38. The molecular weight excluding hydrogens is 274 g/mol. The van der Waals surface area contributed by atoms with Gasteiger partial charge in [-0.15, -0.1) is 0 Å². The molecule has 0 radical (unpaired) electrons. The molecule has 1 heterocycles. The number of nitrogens with zero attached hydrogens (tertiary/aromatic N) is 1. The summed E-state index contributed by atoms with van der Waals surface area (Å²) in [5.74, 6) is 1.52. The summed E-state index contributed by atoms with van der Waals surface area (Å²) in [6.45, 7) is 2.12. The van der Waals surface area contributed by atoms with E-state index < -0.39 is 9.73 Å². The zero-order valence-corrected chi connectivity index (χ0v) is 11.1. The molecule has 82 valence electrons. The third-order valence-corrected chi connectivity index (χ3v) is 5.63. The Kier molecular flexibility index (Phi) is 3.16. The van der Waals surface area contributed by atoms with Crippen LogP contribution in [-0.4, -0.2) is 15.7 Å². The first-order valence-corrected chi connectivity index (χ1v) is 7.78. The Morgan fingerprint density at radius 3 is 2.67 bits per heavy atom. The second-order valence-electron chi connectivity index (χ2n) is 3.76. The van der Waals surface area contributed by atoms with Crippen molar-refractivity contribution in [3.63, 3.8) is 0 Å². The van der Waals surface area contributed by atoms with Crippen LogP contribution < -0.4 is 0 Å². The third-order valence-electron chi connectivity index (χ3n) is 2.61. The van der Waals surface area contributed by atoms with Crippen LogP contribution in [0.1, 0.15) is 18.9 Å². The van der Waals surface area contributed by atoms with Crippen LogP contribution in [-0.2, 0) is 16.1 Å². The Morgan fingerprint density at radius 2 is 2.20 bits per heavy atom. The molecule has 0 aliphatic carbocycles. The molecule has 0 bridgehead atoms. The highest BCUT2D eigenvalue weighted by molar-refractivity contribution is 9.10. The summed E-state index contributed by atoms with van der Waals surface area (Å²) in [6, 6.07) is 6.05. The smallest absolute Gasteiger partial charge is 0.0872 e. The van der Waals surface area contributed by atoms with Crippen LogP contribution in [0.2, 0.25) is 0 Å². The number of rotatable bonds is 2. The molecule has 1 fully saturated rings. The van der Waals surface area contributed by atoms with Crippen molar-refractivity contribution in [2.24, 2.45) is 4.36 Å². The predicted octanol–water partition coefficient (Wildman–Crippen LogP) is 3.51. The van der Waals surface area contributed by atoms with Gasteiger partial charge < -0.3 is 0 Å². The average molecular weight is 288 g/mol. The van der Waals surface area contributed by atoms with E-state index in [-0.39, 0.29) is 0 Å². The van der Waals surface area contributed by atoms with Crippen molar-refractivity contribution in [2.45, 2.75) is 19.8 Å². The molecule has 1 aliphatic rings. The van der Waals surface area contributed by atoms with Crippen molar-refractivity contribution < 1.29 is 4.21 Å². The maximum absolute atomic E-state index is 11.9. The molecule has 1 aliphatic heterocycles. The molecular formula is C11H14BrNOS. The number of benzene rings is 1. The van der Waals surface area contributed by atoms with E-state index in [0.29, 0.717) is 0 Å².